The molecule has 0 unspecified atom stereocenters. The molecule has 1 N–H and O–H groups in total. The second kappa shape index (κ2) is 3.78. The fourth-order valence-electron chi connectivity index (χ4n) is 1.70. The summed E-state index contributed by atoms with van der Waals surface area (Å²) in [7, 11) is 2.14. The molecule has 0 bridgehead atoms. The molecular weight excluding hydrogens is 182 g/mol. The maximum Gasteiger partial charge on any atom is 0.0570 e. The second-order valence-electron chi connectivity index (χ2n) is 3.77. The summed E-state index contributed by atoms with van der Waals surface area (Å²) >= 11 is 1.80. The molecule has 3 heteroatoms. The van der Waals surface area contributed by atoms with Crippen LogP contribution in [0.3, 0.4) is 0 Å². The van der Waals surface area contributed by atoms with Crippen LogP contribution >= 0.6 is 11.3 Å². The summed E-state index contributed by atoms with van der Waals surface area (Å²) in [4.78, 5) is 3.74. The van der Waals surface area contributed by atoms with Crippen LogP contribution in [0.2, 0.25) is 0 Å². The molecule has 1 aromatic rings. The lowest BCUT2D eigenvalue weighted by molar-refractivity contribution is 0.00962. The Hall–Kier alpha value is -0.380. The van der Waals surface area contributed by atoms with Crippen LogP contribution in [0, 0.1) is 0 Å². The van der Waals surface area contributed by atoms with E-state index in [-0.39, 0.29) is 6.10 Å². The highest BCUT2D eigenvalue weighted by Gasteiger charge is 2.30. The summed E-state index contributed by atoms with van der Waals surface area (Å²) in [6.07, 6.45) is 1.85. The van der Waals surface area contributed by atoms with E-state index in [1.807, 2.05) is 0 Å². The van der Waals surface area contributed by atoms with E-state index < -0.39 is 0 Å². The zero-order valence-electron chi connectivity index (χ0n) is 7.81. The third kappa shape index (κ3) is 2.10. The molecule has 13 heavy (non-hydrogen) atoms. The first-order valence-electron chi connectivity index (χ1n) is 4.66. The molecule has 0 spiro atoms. The predicted molar refractivity (Wildman–Crippen MR) is 54.8 cm³/mol. The third-order valence-corrected chi connectivity index (χ3v) is 3.56. The molecule has 1 fully saturated rings. The van der Waals surface area contributed by atoms with Gasteiger partial charge in [0.05, 0.1) is 6.10 Å². The van der Waals surface area contributed by atoms with Crippen LogP contribution in [0.4, 0.5) is 0 Å². The lowest BCUT2D eigenvalue weighted by Gasteiger charge is -2.38. The molecular formula is C10H15NOS. The highest BCUT2D eigenvalue weighted by atomic mass is 32.1. The molecule has 0 aliphatic heterocycles. The van der Waals surface area contributed by atoms with Crippen LogP contribution in [0.15, 0.2) is 17.5 Å². The Morgan fingerprint density at radius 3 is 2.92 bits per heavy atom. The molecule has 1 aliphatic carbocycles. The van der Waals surface area contributed by atoms with Crippen molar-refractivity contribution in [2.24, 2.45) is 0 Å². The summed E-state index contributed by atoms with van der Waals surface area (Å²) in [6, 6.07) is 4.84. The van der Waals surface area contributed by atoms with Crippen LogP contribution in [0.25, 0.3) is 0 Å². The molecule has 0 saturated heterocycles. The number of hydrogen-bond donors (Lipinski definition) is 1. The molecule has 0 radical (unpaired) electrons. The van der Waals surface area contributed by atoms with Crippen LogP contribution in [-0.2, 0) is 6.54 Å². The Morgan fingerprint density at radius 2 is 2.38 bits per heavy atom. The highest BCUT2D eigenvalue weighted by Crippen LogP contribution is 2.26. The predicted octanol–water partition coefficient (Wildman–Crippen LogP) is 1.70. The van der Waals surface area contributed by atoms with Gasteiger partial charge in [-0.1, -0.05) is 6.07 Å². The maximum absolute atomic E-state index is 9.17. The van der Waals surface area contributed by atoms with Crippen LogP contribution in [0.5, 0.6) is 0 Å². The van der Waals surface area contributed by atoms with Gasteiger partial charge in [-0.05, 0) is 31.3 Å². The van der Waals surface area contributed by atoms with Gasteiger partial charge in [0.15, 0.2) is 0 Å². The monoisotopic (exact) mass is 197 g/mol. The Labute approximate surface area is 82.8 Å². The van der Waals surface area contributed by atoms with E-state index in [4.69, 9.17) is 5.11 Å². The molecule has 2 rings (SSSR count). The third-order valence-electron chi connectivity index (χ3n) is 2.70. The molecule has 1 aliphatic rings. The fraction of sp³-hybridized carbons (Fsp3) is 0.600. The van der Waals surface area contributed by atoms with Gasteiger partial charge in [-0.25, -0.2) is 0 Å². The summed E-state index contributed by atoms with van der Waals surface area (Å²) < 4.78 is 0. The first-order chi connectivity index (χ1) is 6.25. The average molecular weight is 197 g/mol. The quantitative estimate of drug-likeness (QED) is 0.797. The van der Waals surface area contributed by atoms with Gasteiger partial charge >= 0.3 is 0 Å². The lowest BCUT2D eigenvalue weighted by atomic mass is 9.88. The largest absolute Gasteiger partial charge is 0.393 e. The normalized spacial score (nSPS) is 27.6. The van der Waals surface area contributed by atoms with Crippen molar-refractivity contribution in [1.82, 2.24) is 4.90 Å². The Morgan fingerprint density at radius 1 is 1.62 bits per heavy atom. The summed E-state index contributed by atoms with van der Waals surface area (Å²) in [5, 5.41) is 11.3. The van der Waals surface area contributed by atoms with E-state index in [2.05, 4.69) is 29.5 Å². The molecule has 0 amide bonds. The summed E-state index contributed by atoms with van der Waals surface area (Å²) in [6.45, 7) is 1.02. The fourth-order valence-corrected chi connectivity index (χ4v) is 2.46. The van der Waals surface area contributed by atoms with E-state index in [1.165, 1.54) is 4.88 Å². The second-order valence-corrected chi connectivity index (χ2v) is 4.81. The SMILES string of the molecule is CN(Cc1cccs1)C1CC(O)C1. The Kier molecular flexibility index (Phi) is 2.67. The van der Waals surface area contributed by atoms with Crippen LogP contribution < -0.4 is 0 Å². The van der Waals surface area contributed by atoms with Gasteiger partial charge in [-0.3, -0.25) is 4.90 Å². The van der Waals surface area contributed by atoms with E-state index in [0.29, 0.717) is 6.04 Å². The average Bonchev–Trinajstić information content (AvgIpc) is 2.51. The lowest BCUT2D eigenvalue weighted by Crippen LogP contribution is -2.44. The van der Waals surface area contributed by atoms with E-state index in [9.17, 15) is 0 Å². The van der Waals surface area contributed by atoms with Crippen molar-refractivity contribution in [3.05, 3.63) is 22.4 Å². The van der Waals surface area contributed by atoms with Crippen molar-refractivity contribution in [3.63, 3.8) is 0 Å². The van der Waals surface area contributed by atoms with Gasteiger partial charge in [0.25, 0.3) is 0 Å². The topological polar surface area (TPSA) is 23.5 Å². The molecule has 2 nitrogen and oxygen atoms in total. The van der Waals surface area contributed by atoms with Crippen molar-refractivity contribution >= 4 is 11.3 Å². The minimum Gasteiger partial charge on any atom is -0.393 e. The van der Waals surface area contributed by atoms with Gasteiger partial charge in [-0.15, -0.1) is 11.3 Å². The zero-order valence-corrected chi connectivity index (χ0v) is 8.63. The smallest absolute Gasteiger partial charge is 0.0570 e. The van der Waals surface area contributed by atoms with Crippen LogP contribution in [-0.4, -0.2) is 29.2 Å². The van der Waals surface area contributed by atoms with Gasteiger partial charge in [0, 0.05) is 17.5 Å². The summed E-state index contributed by atoms with van der Waals surface area (Å²) in [5.74, 6) is 0. The van der Waals surface area contributed by atoms with E-state index in [0.717, 1.165) is 19.4 Å². The number of thiophene rings is 1. The van der Waals surface area contributed by atoms with Gasteiger partial charge in [-0.2, -0.15) is 0 Å². The standard InChI is InChI=1S/C10H15NOS/c1-11(8-5-9(12)6-8)7-10-3-2-4-13-10/h2-4,8-9,12H,5-7H2,1H3. The molecule has 0 atom stereocenters. The van der Waals surface area contributed by atoms with Gasteiger partial charge in [0.1, 0.15) is 0 Å². The molecule has 1 heterocycles. The maximum atomic E-state index is 9.17. The number of rotatable bonds is 3. The Bertz CT molecular complexity index is 254. The number of hydrogen-bond acceptors (Lipinski definition) is 3. The minimum absolute atomic E-state index is 0.0456. The Balaban J connectivity index is 1.82. The van der Waals surface area contributed by atoms with Gasteiger partial charge in [0.2, 0.25) is 0 Å². The number of aliphatic hydroxyl groups is 1. The van der Waals surface area contributed by atoms with Crippen LogP contribution in [0.1, 0.15) is 17.7 Å². The molecule has 72 valence electrons. The first-order valence-corrected chi connectivity index (χ1v) is 5.54. The van der Waals surface area contributed by atoms with Crippen molar-refractivity contribution in [2.45, 2.75) is 31.5 Å². The molecule has 1 saturated carbocycles. The van der Waals surface area contributed by atoms with Gasteiger partial charge < -0.3 is 5.11 Å². The molecule has 1 aromatic heterocycles. The van der Waals surface area contributed by atoms with Crippen molar-refractivity contribution in [1.29, 1.82) is 0 Å². The van der Waals surface area contributed by atoms with E-state index in [1.54, 1.807) is 11.3 Å². The summed E-state index contributed by atoms with van der Waals surface area (Å²) in [5.41, 5.74) is 0. The van der Waals surface area contributed by atoms with Crippen molar-refractivity contribution in [2.75, 3.05) is 7.05 Å². The van der Waals surface area contributed by atoms with E-state index >= 15 is 0 Å². The first kappa shape index (κ1) is 9.19. The minimum atomic E-state index is -0.0456. The number of aliphatic hydroxyl groups excluding tert-OH is 1. The van der Waals surface area contributed by atoms with Crippen molar-refractivity contribution < 1.29 is 5.11 Å². The highest BCUT2D eigenvalue weighted by molar-refractivity contribution is 7.09. The zero-order chi connectivity index (χ0) is 9.26. The number of nitrogens with zero attached hydrogens (tertiary/aromatic N) is 1. The van der Waals surface area contributed by atoms with Crippen molar-refractivity contribution in [3.8, 4) is 0 Å². The molecule has 0 aromatic carbocycles.